The van der Waals surface area contributed by atoms with Gasteiger partial charge in [-0.05, 0) is 12.5 Å². The number of carbonyl (C=O) groups excluding carboxylic acids is 3. The van der Waals surface area contributed by atoms with Crippen LogP contribution in [0.25, 0.3) is 0 Å². The van der Waals surface area contributed by atoms with Crippen molar-refractivity contribution in [3.05, 3.63) is 39.5 Å². The number of oxime groups is 1. The van der Waals surface area contributed by atoms with Crippen LogP contribution in [-0.4, -0.2) is 74.8 Å². The van der Waals surface area contributed by atoms with Gasteiger partial charge in [0.2, 0.25) is 6.61 Å². The van der Waals surface area contributed by atoms with Gasteiger partial charge < -0.3 is 20.0 Å². The number of ether oxygens (including phenoxy) is 1. The fraction of sp³-hybridized carbons (Fsp3) is 0.333. The highest BCUT2D eigenvalue weighted by molar-refractivity contribution is 8.00. The van der Waals surface area contributed by atoms with Crippen LogP contribution in [0, 0.1) is 0 Å². The standard InChI is InChI=1S/C18H17ClN4O7S2/c1-8-5-32-17-13(16(27)23(17)14(8)18(28)29-3-9(2)19)21-15(26)12(10-6-31-7-20-10)22-30-4-11(24)25/h6-7,13,17H,2-5H2,1H3,(H,21,26)(H,24,25)/t13?,17-/m1/s1. The number of amides is 2. The van der Waals surface area contributed by atoms with Gasteiger partial charge in [-0.3, -0.25) is 14.5 Å². The molecule has 2 amide bonds. The van der Waals surface area contributed by atoms with Gasteiger partial charge in [0, 0.05) is 16.2 Å². The number of hydrogen-bond donors (Lipinski definition) is 2. The first-order chi connectivity index (χ1) is 15.2. The molecule has 0 aromatic carbocycles. The van der Waals surface area contributed by atoms with Gasteiger partial charge in [0.1, 0.15) is 29.4 Å². The van der Waals surface area contributed by atoms with E-state index in [0.29, 0.717) is 11.3 Å². The number of rotatable bonds is 9. The van der Waals surface area contributed by atoms with Crippen molar-refractivity contribution in [3.63, 3.8) is 0 Å². The Morgan fingerprint density at radius 3 is 2.81 bits per heavy atom. The number of carboxylic acid groups (broad SMARTS) is 1. The number of carboxylic acids is 1. The third-order valence-corrected chi connectivity index (χ3v) is 6.35. The summed E-state index contributed by atoms with van der Waals surface area (Å²) in [5.74, 6) is -2.81. The molecule has 1 unspecified atom stereocenters. The summed E-state index contributed by atoms with van der Waals surface area (Å²) in [6.45, 7) is 4.21. The number of aliphatic carboxylic acids is 1. The molecule has 1 fully saturated rings. The van der Waals surface area contributed by atoms with Gasteiger partial charge in [0.25, 0.3) is 11.8 Å². The van der Waals surface area contributed by atoms with E-state index in [2.05, 4.69) is 26.9 Å². The molecular weight excluding hydrogens is 484 g/mol. The van der Waals surface area contributed by atoms with E-state index in [9.17, 15) is 19.2 Å². The fourth-order valence-corrected chi connectivity index (χ4v) is 4.75. The monoisotopic (exact) mass is 500 g/mol. The van der Waals surface area contributed by atoms with E-state index in [0.717, 1.165) is 0 Å². The van der Waals surface area contributed by atoms with E-state index in [1.54, 1.807) is 6.92 Å². The van der Waals surface area contributed by atoms with Crippen molar-refractivity contribution in [2.75, 3.05) is 19.0 Å². The van der Waals surface area contributed by atoms with E-state index in [1.807, 2.05) is 0 Å². The topological polar surface area (TPSA) is 147 Å². The molecule has 11 nitrogen and oxygen atoms in total. The maximum Gasteiger partial charge on any atom is 0.355 e. The molecule has 0 saturated carbocycles. The number of β-lactam (4-membered cyclic amide) rings is 1. The van der Waals surface area contributed by atoms with Crippen molar-refractivity contribution in [3.8, 4) is 0 Å². The molecule has 1 aromatic heterocycles. The molecule has 0 bridgehead atoms. The zero-order valence-corrected chi connectivity index (χ0v) is 19.0. The number of aromatic nitrogens is 1. The molecule has 1 saturated heterocycles. The number of hydrogen-bond acceptors (Lipinski definition) is 10. The molecule has 1 aromatic rings. The van der Waals surface area contributed by atoms with Crippen molar-refractivity contribution in [2.45, 2.75) is 18.3 Å². The first-order valence-corrected chi connectivity index (χ1v) is 11.3. The van der Waals surface area contributed by atoms with Gasteiger partial charge in [0.15, 0.2) is 5.71 Å². The minimum absolute atomic E-state index is 0.111. The SMILES string of the molecule is C=C(Cl)COC(=O)C1=C(C)CS[C@@H]2C(NC(=O)C(=NOCC(=O)O)c3cscn3)C(=O)N12. The summed E-state index contributed by atoms with van der Waals surface area (Å²) in [6.07, 6.45) is 0. The van der Waals surface area contributed by atoms with E-state index in [1.165, 1.54) is 38.9 Å². The Hall–Kier alpha value is -2.90. The van der Waals surface area contributed by atoms with Crippen LogP contribution in [0.15, 0.2) is 38.9 Å². The summed E-state index contributed by atoms with van der Waals surface area (Å²) in [4.78, 5) is 58.6. The largest absolute Gasteiger partial charge is 0.479 e. The lowest BCUT2D eigenvalue weighted by molar-refractivity contribution is -0.152. The lowest BCUT2D eigenvalue weighted by Gasteiger charge is -2.49. The zero-order valence-electron chi connectivity index (χ0n) is 16.6. The van der Waals surface area contributed by atoms with Crippen molar-refractivity contribution < 1.29 is 33.9 Å². The second-order valence-corrected chi connectivity index (χ2v) is 8.92. The second kappa shape index (κ2) is 10.1. The number of nitrogens with one attached hydrogen (secondary N) is 1. The Morgan fingerprint density at radius 1 is 1.44 bits per heavy atom. The molecule has 3 heterocycles. The zero-order chi connectivity index (χ0) is 23.4. The lowest BCUT2D eigenvalue weighted by atomic mass is 10.0. The van der Waals surface area contributed by atoms with Gasteiger partial charge in [-0.15, -0.1) is 23.1 Å². The van der Waals surface area contributed by atoms with Crippen molar-refractivity contribution >= 4 is 64.2 Å². The molecule has 2 N–H and O–H groups in total. The predicted octanol–water partition coefficient (Wildman–Crippen LogP) is 0.918. The number of esters is 1. The third kappa shape index (κ3) is 5.11. The molecule has 2 atom stereocenters. The normalized spacial score (nSPS) is 20.2. The number of carbonyl (C=O) groups is 4. The van der Waals surface area contributed by atoms with Gasteiger partial charge >= 0.3 is 11.9 Å². The van der Waals surface area contributed by atoms with Crippen LogP contribution in [-0.2, 0) is 28.8 Å². The van der Waals surface area contributed by atoms with Crippen LogP contribution in [0.1, 0.15) is 12.6 Å². The minimum atomic E-state index is -1.27. The molecule has 32 heavy (non-hydrogen) atoms. The average Bonchev–Trinajstić information content (AvgIpc) is 3.27. The van der Waals surface area contributed by atoms with Crippen LogP contribution >= 0.6 is 34.7 Å². The molecule has 2 aliphatic heterocycles. The predicted molar refractivity (Wildman–Crippen MR) is 116 cm³/mol. The van der Waals surface area contributed by atoms with Gasteiger partial charge in [-0.1, -0.05) is 23.3 Å². The van der Waals surface area contributed by atoms with Crippen molar-refractivity contribution in [1.29, 1.82) is 0 Å². The lowest BCUT2D eigenvalue weighted by Crippen LogP contribution is -2.71. The van der Waals surface area contributed by atoms with Crippen LogP contribution in [0.3, 0.4) is 0 Å². The van der Waals surface area contributed by atoms with Gasteiger partial charge in [-0.2, -0.15) is 0 Å². The molecular formula is C18H17ClN4O7S2. The molecule has 2 aliphatic rings. The quantitative estimate of drug-likeness (QED) is 0.218. The molecule has 3 rings (SSSR count). The molecule has 0 radical (unpaired) electrons. The molecule has 0 aliphatic carbocycles. The highest BCUT2D eigenvalue weighted by atomic mass is 35.5. The Balaban J connectivity index is 1.73. The second-order valence-electron chi connectivity index (χ2n) is 6.56. The van der Waals surface area contributed by atoms with Crippen molar-refractivity contribution in [2.24, 2.45) is 5.16 Å². The highest BCUT2D eigenvalue weighted by Gasteiger charge is 2.54. The number of nitrogens with zero attached hydrogens (tertiary/aromatic N) is 3. The minimum Gasteiger partial charge on any atom is -0.479 e. The molecule has 14 heteroatoms. The van der Waals surface area contributed by atoms with Gasteiger partial charge in [0.05, 0.1) is 5.51 Å². The first kappa shape index (κ1) is 23.8. The Morgan fingerprint density at radius 2 is 2.19 bits per heavy atom. The molecule has 170 valence electrons. The number of thiazole rings is 1. The molecule has 0 spiro atoms. The summed E-state index contributed by atoms with van der Waals surface area (Å²) in [5.41, 5.74) is 2.12. The van der Waals surface area contributed by atoms with E-state index < -0.39 is 41.8 Å². The van der Waals surface area contributed by atoms with Crippen LogP contribution in [0.4, 0.5) is 0 Å². The van der Waals surface area contributed by atoms with Crippen LogP contribution in [0.2, 0.25) is 0 Å². The maximum atomic E-state index is 12.8. The van der Waals surface area contributed by atoms with Crippen LogP contribution < -0.4 is 5.32 Å². The fourth-order valence-electron chi connectivity index (χ4n) is 2.87. The van der Waals surface area contributed by atoms with Gasteiger partial charge in [-0.25, -0.2) is 14.6 Å². The average molecular weight is 501 g/mol. The van der Waals surface area contributed by atoms with Crippen LogP contribution in [0.5, 0.6) is 0 Å². The summed E-state index contributed by atoms with van der Waals surface area (Å²) in [5, 5.41) is 16.0. The number of fused-ring (bicyclic) bond motifs is 1. The van der Waals surface area contributed by atoms with E-state index >= 15 is 0 Å². The Labute approximate surface area is 195 Å². The Kier molecular flexibility index (Phi) is 7.53. The summed E-state index contributed by atoms with van der Waals surface area (Å²) in [6, 6.07) is -0.935. The van der Waals surface area contributed by atoms with E-state index in [4.69, 9.17) is 21.4 Å². The third-order valence-electron chi connectivity index (χ3n) is 4.23. The van der Waals surface area contributed by atoms with Crippen molar-refractivity contribution in [1.82, 2.24) is 15.2 Å². The number of thioether (sulfide) groups is 1. The smallest absolute Gasteiger partial charge is 0.355 e. The Bertz CT molecular complexity index is 1020. The summed E-state index contributed by atoms with van der Waals surface area (Å²) < 4.78 is 5.07. The highest BCUT2D eigenvalue weighted by Crippen LogP contribution is 2.40. The summed E-state index contributed by atoms with van der Waals surface area (Å²) >= 11 is 8.20. The van der Waals surface area contributed by atoms with E-state index in [-0.39, 0.29) is 28.7 Å². The number of halogens is 1. The maximum absolute atomic E-state index is 12.8. The summed E-state index contributed by atoms with van der Waals surface area (Å²) in [7, 11) is 0. The first-order valence-electron chi connectivity index (χ1n) is 8.96.